The number of aryl methyl sites for hydroxylation is 1. The van der Waals surface area contributed by atoms with Gasteiger partial charge in [0.25, 0.3) is 0 Å². The van der Waals surface area contributed by atoms with Crippen molar-refractivity contribution in [3.63, 3.8) is 0 Å². The summed E-state index contributed by atoms with van der Waals surface area (Å²) in [6.45, 7) is 6.59. The molecule has 2 heterocycles. The van der Waals surface area contributed by atoms with E-state index in [-0.39, 0.29) is 5.91 Å². The minimum Gasteiger partial charge on any atom is -0.299 e. The molecule has 0 saturated carbocycles. The van der Waals surface area contributed by atoms with Crippen molar-refractivity contribution in [2.75, 3.05) is 38.0 Å². The number of halogens is 2. The summed E-state index contributed by atoms with van der Waals surface area (Å²) >= 11 is 13.4. The molecule has 3 rings (SSSR count). The molecule has 1 N–H and O–H groups in total. The Morgan fingerprint density at radius 2 is 1.88 bits per heavy atom. The third-order valence-electron chi connectivity index (χ3n) is 3.99. The van der Waals surface area contributed by atoms with Crippen molar-refractivity contribution in [3.05, 3.63) is 38.8 Å². The molecule has 1 aliphatic rings. The number of benzene rings is 1. The summed E-state index contributed by atoms with van der Waals surface area (Å²) in [5.41, 5.74) is 1.15. The summed E-state index contributed by atoms with van der Waals surface area (Å²) in [6.07, 6.45) is 0. The monoisotopic (exact) mass is 399 g/mol. The van der Waals surface area contributed by atoms with E-state index in [0.29, 0.717) is 21.7 Å². The molecule has 0 unspecified atom stereocenters. The molecule has 9 heteroatoms. The summed E-state index contributed by atoms with van der Waals surface area (Å²) in [4.78, 5) is 16.6. The predicted octanol–water partition coefficient (Wildman–Crippen LogP) is 2.91. The third kappa shape index (κ3) is 5.36. The smallest absolute Gasteiger partial charge is 0.240 e. The highest BCUT2D eigenvalue weighted by Gasteiger charge is 2.19. The van der Waals surface area contributed by atoms with Gasteiger partial charge in [0.05, 0.1) is 16.6 Å². The minimum absolute atomic E-state index is 0.0471. The number of nitrogens with zero attached hydrogens (tertiary/aromatic N) is 4. The molecular weight excluding hydrogens is 381 g/mol. The average molecular weight is 400 g/mol. The zero-order chi connectivity index (χ0) is 17.8. The van der Waals surface area contributed by atoms with Crippen molar-refractivity contribution in [2.24, 2.45) is 0 Å². The van der Waals surface area contributed by atoms with E-state index in [1.165, 1.54) is 11.3 Å². The topological polar surface area (TPSA) is 61.4 Å². The van der Waals surface area contributed by atoms with Crippen LogP contribution in [0.1, 0.15) is 10.6 Å². The number of hydrogen-bond donors (Lipinski definition) is 1. The molecule has 1 amide bonds. The van der Waals surface area contributed by atoms with E-state index in [4.69, 9.17) is 23.2 Å². The molecule has 1 aromatic carbocycles. The van der Waals surface area contributed by atoms with Crippen LogP contribution in [0.4, 0.5) is 5.13 Å². The number of aromatic nitrogens is 2. The summed E-state index contributed by atoms with van der Waals surface area (Å²) in [7, 11) is 0. The van der Waals surface area contributed by atoms with Crippen LogP contribution >= 0.6 is 34.5 Å². The Kier molecular flexibility index (Phi) is 6.24. The Morgan fingerprint density at radius 1 is 1.16 bits per heavy atom. The Morgan fingerprint density at radius 3 is 2.52 bits per heavy atom. The first-order chi connectivity index (χ1) is 12.0. The number of rotatable bonds is 5. The van der Waals surface area contributed by atoms with Crippen molar-refractivity contribution < 1.29 is 4.79 Å². The summed E-state index contributed by atoms with van der Waals surface area (Å²) in [5.74, 6) is -0.0471. The number of amides is 1. The maximum Gasteiger partial charge on any atom is 0.240 e. The fraction of sp³-hybridized carbons (Fsp3) is 0.438. The molecule has 6 nitrogen and oxygen atoms in total. The molecular formula is C16H19Cl2N5OS. The maximum absolute atomic E-state index is 12.1. The number of hydrogen-bond acceptors (Lipinski definition) is 6. The van der Waals surface area contributed by atoms with E-state index in [2.05, 4.69) is 25.3 Å². The Hall–Kier alpha value is -1.25. The second-order valence-corrected chi connectivity index (χ2v) is 7.97. The van der Waals surface area contributed by atoms with Crippen LogP contribution in [0.2, 0.25) is 10.0 Å². The first-order valence-electron chi connectivity index (χ1n) is 7.98. The van der Waals surface area contributed by atoms with E-state index in [9.17, 15) is 4.79 Å². The maximum atomic E-state index is 12.1. The van der Waals surface area contributed by atoms with Crippen LogP contribution < -0.4 is 5.32 Å². The van der Waals surface area contributed by atoms with Gasteiger partial charge in [-0.05, 0) is 24.6 Å². The molecule has 0 spiro atoms. The van der Waals surface area contributed by atoms with Crippen molar-refractivity contribution in [1.82, 2.24) is 20.0 Å². The van der Waals surface area contributed by atoms with E-state index in [1.807, 2.05) is 25.1 Å². The highest BCUT2D eigenvalue weighted by atomic mass is 35.5. The molecule has 1 saturated heterocycles. The summed E-state index contributed by atoms with van der Waals surface area (Å²) in [6, 6.07) is 5.74. The van der Waals surface area contributed by atoms with Crippen molar-refractivity contribution in [3.8, 4) is 0 Å². The largest absolute Gasteiger partial charge is 0.299 e. The number of anilines is 1. The second kappa shape index (κ2) is 8.42. The molecule has 1 fully saturated rings. The third-order valence-corrected chi connectivity index (χ3v) is 5.49. The van der Waals surface area contributed by atoms with Crippen LogP contribution in [0.15, 0.2) is 18.2 Å². The van der Waals surface area contributed by atoms with E-state index >= 15 is 0 Å². The van der Waals surface area contributed by atoms with Crippen LogP contribution in [-0.2, 0) is 11.3 Å². The van der Waals surface area contributed by atoms with Crippen molar-refractivity contribution in [2.45, 2.75) is 13.5 Å². The van der Waals surface area contributed by atoms with Gasteiger partial charge in [-0.15, -0.1) is 10.2 Å². The van der Waals surface area contributed by atoms with Gasteiger partial charge in [0.15, 0.2) is 0 Å². The van der Waals surface area contributed by atoms with Crippen molar-refractivity contribution in [1.29, 1.82) is 0 Å². The molecule has 25 heavy (non-hydrogen) atoms. The highest BCUT2D eigenvalue weighted by Crippen LogP contribution is 2.23. The van der Waals surface area contributed by atoms with Crippen LogP contribution in [0.3, 0.4) is 0 Å². The molecule has 0 radical (unpaired) electrons. The summed E-state index contributed by atoms with van der Waals surface area (Å²) < 4.78 is 0. The molecule has 1 aromatic heterocycles. The lowest BCUT2D eigenvalue weighted by Crippen LogP contribution is -2.48. The van der Waals surface area contributed by atoms with E-state index in [0.717, 1.165) is 43.3 Å². The van der Waals surface area contributed by atoms with Gasteiger partial charge in [0.1, 0.15) is 5.01 Å². The molecule has 134 valence electrons. The van der Waals surface area contributed by atoms with Crippen molar-refractivity contribution >= 4 is 45.6 Å². The lowest BCUT2D eigenvalue weighted by Gasteiger charge is -2.34. The van der Waals surface area contributed by atoms with Gasteiger partial charge < -0.3 is 0 Å². The minimum atomic E-state index is -0.0471. The highest BCUT2D eigenvalue weighted by molar-refractivity contribution is 7.15. The number of nitrogens with one attached hydrogen (secondary N) is 1. The molecule has 1 aliphatic heterocycles. The van der Waals surface area contributed by atoms with Gasteiger partial charge >= 0.3 is 0 Å². The Balaban J connectivity index is 1.43. The number of piperazine rings is 1. The van der Waals surface area contributed by atoms with E-state index < -0.39 is 0 Å². The van der Waals surface area contributed by atoms with Crippen LogP contribution in [-0.4, -0.2) is 58.6 Å². The Labute approximate surface area is 160 Å². The fourth-order valence-corrected chi connectivity index (χ4v) is 3.64. The molecule has 0 aliphatic carbocycles. The SMILES string of the molecule is Cc1nnc(NC(=O)CN2CCN(Cc3ccc(Cl)c(Cl)c3)CC2)s1. The zero-order valence-corrected chi connectivity index (χ0v) is 16.2. The average Bonchev–Trinajstić information content (AvgIpc) is 2.97. The Bertz CT molecular complexity index is 746. The van der Waals surface area contributed by atoms with Gasteiger partial charge in [-0.3, -0.25) is 19.9 Å². The fourth-order valence-electron chi connectivity index (χ4n) is 2.71. The first-order valence-corrected chi connectivity index (χ1v) is 9.55. The molecule has 2 aromatic rings. The lowest BCUT2D eigenvalue weighted by atomic mass is 10.2. The predicted molar refractivity (Wildman–Crippen MR) is 101 cm³/mol. The number of carbonyl (C=O) groups excluding carboxylic acids is 1. The van der Waals surface area contributed by atoms with Gasteiger partial charge in [0.2, 0.25) is 11.0 Å². The van der Waals surface area contributed by atoms with E-state index in [1.54, 1.807) is 0 Å². The lowest BCUT2D eigenvalue weighted by molar-refractivity contribution is -0.117. The standard InChI is InChI=1S/C16H19Cl2N5OS/c1-11-20-21-16(25-11)19-15(24)10-23-6-4-22(5-7-23)9-12-2-3-13(17)14(18)8-12/h2-3,8H,4-7,9-10H2,1H3,(H,19,21,24). The normalized spacial score (nSPS) is 16.1. The van der Waals surface area contributed by atoms with Crippen LogP contribution in [0.25, 0.3) is 0 Å². The van der Waals surface area contributed by atoms with Crippen LogP contribution in [0, 0.1) is 6.92 Å². The zero-order valence-electron chi connectivity index (χ0n) is 13.8. The first kappa shape index (κ1) is 18.5. The molecule has 0 bridgehead atoms. The second-order valence-electron chi connectivity index (χ2n) is 5.98. The van der Waals surface area contributed by atoms with Gasteiger partial charge in [-0.25, -0.2) is 0 Å². The quantitative estimate of drug-likeness (QED) is 0.837. The van der Waals surface area contributed by atoms with Gasteiger partial charge in [-0.1, -0.05) is 40.6 Å². The summed E-state index contributed by atoms with van der Waals surface area (Å²) in [5, 5.41) is 13.2. The van der Waals surface area contributed by atoms with Gasteiger partial charge in [-0.2, -0.15) is 0 Å². The number of carbonyl (C=O) groups is 1. The van der Waals surface area contributed by atoms with Crippen LogP contribution in [0.5, 0.6) is 0 Å². The molecule has 0 atom stereocenters. The van der Waals surface area contributed by atoms with Gasteiger partial charge in [0, 0.05) is 32.7 Å².